The van der Waals surface area contributed by atoms with Crippen LogP contribution in [0.4, 0.5) is 10.4 Å². The first kappa shape index (κ1) is 13.7. The van der Waals surface area contributed by atoms with Gasteiger partial charge >= 0.3 is 6.01 Å². The fourth-order valence-electron chi connectivity index (χ4n) is 1.48. The van der Waals surface area contributed by atoms with Gasteiger partial charge in [0, 0.05) is 12.5 Å². The quantitative estimate of drug-likeness (QED) is 0.799. The highest BCUT2D eigenvalue weighted by molar-refractivity contribution is 6.04. The van der Waals surface area contributed by atoms with E-state index in [9.17, 15) is 9.18 Å². The van der Waals surface area contributed by atoms with Crippen molar-refractivity contribution < 1.29 is 13.6 Å². The van der Waals surface area contributed by atoms with Crippen molar-refractivity contribution >= 4 is 11.9 Å². The maximum atomic E-state index is 13.2. The van der Waals surface area contributed by atoms with Gasteiger partial charge in [-0.05, 0) is 18.2 Å². The molecule has 0 aliphatic carbocycles. The van der Waals surface area contributed by atoms with Gasteiger partial charge in [0.05, 0.1) is 12.1 Å². The number of carbonyl (C=O) groups is 1. The summed E-state index contributed by atoms with van der Waals surface area (Å²) in [5.74, 6) is 4.53. The minimum Gasteiger partial charge on any atom is -0.408 e. The Kier molecular flexibility index (Phi) is 4.08. The standard InChI is InChI=1S/C13H11FN4O2/c1-8-17-18-13(20-8)16-12(19)11-5-4-10(14)7-9(11)3-2-6-15/h4-5,7H,6,15H2,1H3,(H,16,18,19). The maximum absolute atomic E-state index is 13.2. The molecule has 3 N–H and O–H groups in total. The second kappa shape index (κ2) is 5.95. The number of benzene rings is 1. The molecule has 0 atom stereocenters. The van der Waals surface area contributed by atoms with Crippen LogP contribution >= 0.6 is 0 Å². The first-order valence-electron chi connectivity index (χ1n) is 5.70. The molecule has 102 valence electrons. The van der Waals surface area contributed by atoms with E-state index in [0.717, 1.165) is 6.07 Å². The number of aryl methyl sites for hydroxylation is 1. The monoisotopic (exact) mass is 274 g/mol. The van der Waals surface area contributed by atoms with E-state index in [4.69, 9.17) is 10.2 Å². The summed E-state index contributed by atoms with van der Waals surface area (Å²) in [6.45, 7) is 1.71. The average molecular weight is 274 g/mol. The van der Waals surface area contributed by atoms with Crippen molar-refractivity contribution in [3.05, 3.63) is 41.0 Å². The van der Waals surface area contributed by atoms with Gasteiger partial charge in [-0.15, -0.1) is 5.10 Å². The van der Waals surface area contributed by atoms with Crippen LogP contribution in [0.25, 0.3) is 0 Å². The molecule has 0 aliphatic rings. The summed E-state index contributed by atoms with van der Waals surface area (Å²) in [5.41, 5.74) is 5.70. The normalized spacial score (nSPS) is 9.75. The highest BCUT2D eigenvalue weighted by Gasteiger charge is 2.14. The Balaban J connectivity index is 2.29. The molecule has 7 heteroatoms. The van der Waals surface area contributed by atoms with E-state index in [-0.39, 0.29) is 23.7 Å². The summed E-state index contributed by atoms with van der Waals surface area (Å²) < 4.78 is 18.2. The van der Waals surface area contributed by atoms with Crippen LogP contribution in [0.1, 0.15) is 21.8 Å². The lowest BCUT2D eigenvalue weighted by Crippen LogP contribution is -2.14. The van der Waals surface area contributed by atoms with Crippen molar-refractivity contribution in [2.75, 3.05) is 11.9 Å². The molecule has 0 aliphatic heterocycles. The molecule has 0 fully saturated rings. The predicted octanol–water partition coefficient (Wildman–Crippen LogP) is 1.08. The van der Waals surface area contributed by atoms with Crippen LogP contribution in [-0.4, -0.2) is 22.6 Å². The lowest BCUT2D eigenvalue weighted by atomic mass is 10.1. The summed E-state index contributed by atoms with van der Waals surface area (Å²) in [7, 11) is 0. The molecule has 0 bridgehead atoms. The van der Waals surface area contributed by atoms with E-state index >= 15 is 0 Å². The largest absolute Gasteiger partial charge is 0.408 e. The molecular weight excluding hydrogens is 263 g/mol. The lowest BCUT2D eigenvalue weighted by Gasteiger charge is -2.03. The Morgan fingerprint density at radius 2 is 2.30 bits per heavy atom. The summed E-state index contributed by atoms with van der Waals surface area (Å²) in [6, 6.07) is 3.63. The topological polar surface area (TPSA) is 94.0 Å². The number of aromatic nitrogens is 2. The molecule has 1 amide bonds. The number of rotatable bonds is 2. The minimum atomic E-state index is -0.519. The Hall–Kier alpha value is -2.72. The Labute approximate surface area is 114 Å². The highest BCUT2D eigenvalue weighted by atomic mass is 19.1. The van der Waals surface area contributed by atoms with E-state index in [0.29, 0.717) is 5.89 Å². The Morgan fingerprint density at radius 1 is 1.50 bits per heavy atom. The summed E-state index contributed by atoms with van der Waals surface area (Å²) in [4.78, 5) is 12.1. The number of nitrogens with two attached hydrogens (primary N) is 1. The molecule has 1 heterocycles. The second-order valence-electron chi connectivity index (χ2n) is 3.78. The summed E-state index contributed by atoms with van der Waals surface area (Å²) in [6.07, 6.45) is 0. The van der Waals surface area contributed by atoms with Crippen LogP contribution in [0.2, 0.25) is 0 Å². The summed E-state index contributed by atoms with van der Waals surface area (Å²) >= 11 is 0. The van der Waals surface area contributed by atoms with Gasteiger partial charge in [-0.1, -0.05) is 16.9 Å². The fourth-order valence-corrected chi connectivity index (χ4v) is 1.48. The molecule has 20 heavy (non-hydrogen) atoms. The third-order valence-electron chi connectivity index (χ3n) is 2.30. The van der Waals surface area contributed by atoms with Crippen molar-refractivity contribution in [2.24, 2.45) is 5.73 Å². The van der Waals surface area contributed by atoms with Gasteiger partial charge < -0.3 is 10.2 Å². The minimum absolute atomic E-state index is 0.0328. The fraction of sp³-hybridized carbons (Fsp3) is 0.154. The third kappa shape index (κ3) is 3.18. The molecule has 0 unspecified atom stereocenters. The first-order chi connectivity index (χ1) is 9.60. The predicted molar refractivity (Wildman–Crippen MR) is 69.3 cm³/mol. The molecule has 0 saturated carbocycles. The van der Waals surface area contributed by atoms with Crippen LogP contribution in [0.3, 0.4) is 0 Å². The molecule has 1 aromatic heterocycles. The van der Waals surface area contributed by atoms with Crippen molar-refractivity contribution in [1.82, 2.24) is 10.2 Å². The van der Waals surface area contributed by atoms with E-state index in [1.165, 1.54) is 12.1 Å². The Bertz CT molecular complexity index is 700. The summed E-state index contributed by atoms with van der Waals surface area (Å²) in [5, 5.41) is 9.64. The highest BCUT2D eigenvalue weighted by Crippen LogP contribution is 2.13. The number of nitrogens with zero attached hydrogens (tertiary/aromatic N) is 2. The van der Waals surface area contributed by atoms with Gasteiger partial charge in [0.1, 0.15) is 5.82 Å². The zero-order valence-electron chi connectivity index (χ0n) is 10.6. The molecule has 1 aromatic carbocycles. The number of anilines is 1. The smallest absolute Gasteiger partial charge is 0.322 e. The van der Waals surface area contributed by atoms with Crippen LogP contribution in [0, 0.1) is 24.6 Å². The van der Waals surface area contributed by atoms with Crippen molar-refractivity contribution in [3.63, 3.8) is 0 Å². The van der Waals surface area contributed by atoms with E-state index in [1.807, 2.05) is 0 Å². The second-order valence-corrected chi connectivity index (χ2v) is 3.78. The van der Waals surface area contributed by atoms with Crippen molar-refractivity contribution in [3.8, 4) is 11.8 Å². The maximum Gasteiger partial charge on any atom is 0.322 e. The van der Waals surface area contributed by atoms with Crippen LogP contribution in [0.5, 0.6) is 0 Å². The van der Waals surface area contributed by atoms with E-state index in [1.54, 1.807) is 6.92 Å². The van der Waals surface area contributed by atoms with Gasteiger partial charge in [0.25, 0.3) is 5.91 Å². The molecule has 0 radical (unpaired) electrons. The van der Waals surface area contributed by atoms with Gasteiger partial charge in [-0.2, -0.15) is 0 Å². The van der Waals surface area contributed by atoms with Gasteiger partial charge in [0.15, 0.2) is 0 Å². The van der Waals surface area contributed by atoms with Gasteiger partial charge in [0.2, 0.25) is 5.89 Å². The molecule has 2 aromatic rings. The molecule has 0 saturated heterocycles. The number of amides is 1. The lowest BCUT2D eigenvalue weighted by molar-refractivity contribution is 0.102. The Morgan fingerprint density at radius 3 is 2.95 bits per heavy atom. The van der Waals surface area contributed by atoms with Crippen LogP contribution < -0.4 is 11.1 Å². The molecular formula is C13H11FN4O2. The van der Waals surface area contributed by atoms with Crippen LogP contribution in [0.15, 0.2) is 22.6 Å². The number of hydrogen-bond donors (Lipinski definition) is 2. The van der Waals surface area contributed by atoms with Gasteiger partial charge in [-0.25, -0.2) is 4.39 Å². The van der Waals surface area contributed by atoms with Crippen molar-refractivity contribution in [1.29, 1.82) is 0 Å². The number of nitrogens with one attached hydrogen (secondary N) is 1. The van der Waals surface area contributed by atoms with Gasteiger partial charge in [-0.3, -0.25) is 10.1 Å². The number of carbonyl (C=O) groups excluding carboxylic acids is 1. The van der Waals surface area contributed by atoms with E-state index in [2.05, 4.69) is 27.4 Å². The third-order valence-corrected chi connectivity index (χ3v) is 2.30. The number of halogens is 1. The molecule has 2 rings (SSSR count). The van der Waals surface area contributed by atoms with Crippen molar-refractivity contribution in [2.45, 2.75) is 6.92 Å². The van der Waals surface area contributed by atoms with E-state index < -0.39 is 11.7 Å². The number of hydrogen-bond acceptors (Lipinski definition) is 5. The zero-order chi connectivity index (χ0) is 14.5. The van der Waals surface area contributed by atoms with Crippen LogP contribution in [-0.2, 0) is 0 Å². The average Bonchev–Trinajstić information content (AvgIpc) is 2.81. The molecule has 0 spiro atoms. The first-order valence-corrected chi connectivity index (χ1v) is 5.70. The molecule has 6 nitrogen and oxygen atoms in total. The SMILES string of the molecule is Cc1nnc(NC(=O)c2ccc(F)cc2C#CCN)o1. The zero-order valence-corrected chi connectivity index (χ0v) is 10.6.